The number of rotatable bonds is 7. The molecule has 2 N–H and O–H groups in total. The Hall–Kier alpha value is -0.610. The van der Waals surface area contributed by atoms with E-state index in [4.69, 9.17) is 5.73 Å². The molecule has 1 rings (SSSR count). The first kappa shape index (κ1) is 17.4. The predicted octanol–water partition coefficient (Wildman–Crippen LogP) is 2.08. The highest BCUT2D eigenvalue weighted by Gasteiger charge is 2.38. The van der Waals surface area contributed by atoms with Gasteiger partial charge in [-0.15, -0.1) is 0 Å². The number of hydrogen-bond donors (Lipinski definition) is 1. The molecule has 2 unspecified atom stereocenters. The summed E-state index contributed by atoms with van der Waals surface area (Å²) in [6, 6.07) is 0. The number of hydrogen-bond acceptors (Lipinski definition) is 3. The normalized spacial score (nSPS) is 26.8. The van der Waals surface area contributed by atoms with Crippen molar-refractivity contribution >= 4 is 5.91 Å². The molecule has 0 aromatic heterocycles. The summed E-state index contributed by atoms with van der Waals surface area (Å²) in [5, 5.41) is 0. The summed E-state index contributed by atoms with van der Waals surface area (Å²) < 4.78 is 0. The summed E-state index contributed by atoms with van der Waals surface area (Å²) in [7, 11) is 3.65. The molecule has 1 fully saturated rings. The minimum atomic E-state index is 0.174. The highest BCUT2D eigenvalue weighted by atomic mass is 16.2. The first-order valence-corrected chi connectivity index (χ1v) is 8.10. The quantitative estimate of drug-likeness (QED) is 0.778. The van der Waals surface area contributed by atoms with Crippen LogP contribution in [0.4, 0.5) is 0 Å². The van der Waals surface area contributed by atoms with Gasteiger partial charge in [-0.25, -0.2) is 0 Å². The fraction of sp³-hybridized carbons (Fsp3) is 0.938. The van der Waals surface area contributed by atoms with Crippen LogP contribution in [0.2, 0.25) is 0 Å². The molecule has 1 saturated carbocycles. The minimum Gasteiger partial charge on any atom is -0.349 e. The van der Waals surface area contributed by atoms with Crippen molar-refractivity contribution in [3.8, 4) is 0 Å². The van der Waals surface area contributed by atoms with Gasteiger partial charge in [0.1, 0.15) is 0 Å². The average Bonchev–Trinajstić information content (AvgIpc) is 2.43. The van der Waals surface area contributed by atoms with Crippen LogP contribution in [0.25, 0.3) is 0 Å². The van der Waals surface area contributed by atoms with Crippen LogP contribution in [0.1, 0.15) is 52.4 Å². The summed E-state index contributed by atoms with van der Waals surface area (Å²) in [6.07, 6.45) is 6.60. The second-order valence-corrected chi connectivity index (χ2v) is 6.60. The fourth-order valence-electron chi connectivity index (χ4n) is 3.61. The fourth-order valence-corrected chi connectivity index (χ4v) is 3.61. The molecule has 0 aromatic rings. The van der Waals surface area contributed by atoms with Gasteiger partial charge in [0.2, 0.25) is 5.91 Å². The van der Waals surface area contributed by atoms with E-state index in [0.717, 1.165) is 32.0 Å². The summed E-state index contributed by atoms with van der Waals surface area (Å²) in [5.41, 5.74) is 6.31. The molecule has 0 radical (unpaired) electrons. The summed E-state index contributed by atoms with van der Waals surface area (Å²) in [5.74, 6) is 0.990. The van der Waals surface area contributed by atoms with E-state index in [1.54, 1.807) is 4.90 Å². The van der Waals surface area contributed by atoms with Crippen molar-refractivity contribution < 1.29 is 4.79 Å². The molecular formula is C16H33N3O. The molecule has 20 heavy (non-hydrogen) atoms. The third kappa shape index (κ3) is 4.45. The Balaban J connectivity index is 2.56. The van der Waals surface area contributed by atoms with E-state index in [1.807, 2.05) is 14.1 Å². The molecule has 0 spiro atoms. The lowest BCUT2D eigenvalue weighted by Crippen LogP contribution is -2.56. The Morgan fingerprint density at radius 2 is 2.10 bits per heavy atom. The van der Waals surface area contributed by atoms with Gasteiger partial charge in [-0.3, -0.25) is 9.69 Å². The van der Waals surface area contributed by atoms with Crippen molar-refractivity contribution in [3.05, 3.63) is 0 Å². The number of nitrogens with zero attached hydrogens (tertiary/aromatic N) is 2. The molecule has 1 amide bonds. The van der Waals surface area contributed by atoms with Crippen molar-refractivity contribution in [2.24, 2.45) is 11.7 Å². The summed E-state index contributed by atoms with van der Waals surface area (Å²) in [6.45, 7) is 7.31. The standard InChI is InChI=1S/C16H33N3O/c1-5-19(11-7-9-15(20)18(3)4)16(13-17)10-6-8-14(2)12-16/h14H,5-13,17H2,1-4H3. The van der Waals surface area contributed by atoms with E-state index in [0.29, 0.717) is 6.42 Å². The first-order chi connectivity index (χ1) is 9.45. The van der Waals surface area contributed by atoms with Gasteiger partial charge in [-0.1, -0.05) is 26.7 Å². The van der Waals surface area contributed by atoms with Crippen LogP contribution in [-0.2, 0) is 4.79 Å². The third-order valence-corrected chi connectivity index (χ3v) is 4.82. The van der Waals surface area contributed by atoms with E-state index in [1.165, 1.54) is 25.7 Å². The van der Waals surface area contributed by atoms with Crippen LogP contribution in [0.3, 0.4) is 0 Å². The second-order valence-electron chi connectivity index (χ2n) is 6.60. The van der Waals surface area contributed by atoms with Gasteiger partial charge >= 0.3 is 0 Å². The lowest BCUT2D eigenvalue weighted by Gasteiger charge is -2.47. The Labute approximate surface area is 124 Å². The maximum atomic E-state index is 11.7. The van der Waals surface area contributed by atoms with Crippen LogP contribution < -0.4 is 5.73 Å². The van der Waals surface area contributed by atoms with E-state index >= 15 is 0 Å². The predicted molar refractivity (Wildman–Crippen MR) is 84.6 cm³/mol. The second kappa shape index (κ2) is 7.99. The molecule has 0 aromatic carbocycles. The van der Waals surface area contributed by atoms with Crippen molar-refractivity contribution in [3.63, 3.8) is 0 Å². The molecule has 1 aliphatic rings. The number of carbonyl (C=O) groups is 1. The van der Waals surface area contributed by atoms with E-state index in [-0.39, 0.29) is 11.4 Å². The lowest BCUT2D eigenvalue weighted by molar-refractivity contribution is -0.128. The Bertz CT molecular complexity index is 306. The monoisotopic (exact) mass is 283 g/mol. The van der Waals surface area contributed by atoms with Crippen LogP contribution in [-0.4, -0.2) is 55.0 Å². The van der Waals surface area contributed by atoms with Crippen molar-refractivity contribution in [1.29, 1.82) is 0 Å². The van der Waals surface area contributed by atoms with Gasteiger partial charge in [0.15, 0.2) is 0 Å². The molecule has 0 aliphatic heterocycles. The molecule has 0 heterocycles. The van der Waals surface area contributed by atoms with Crippen molar-refractivity contribution in [1.82, 2.24) is 9.80 Å². The molecule has 4 nitrogen and oxygen atoms in total. The zero-order valence-electron chi connectivity index (χ0n) is 13.8. The highest BCUT2D eigenvalue weighted by Crippen LogP contribution is 2.36. The van der Waals surface area contributed by atoms with Crippen molar-refractivity contribution in [2.45, 2.75) is 57.9 Å². The zero-order chi connectivity index (χ0) is 15.2. The minimum absolute atomic E-state index is 0.174. The molecule has 4 heteroatoms. The number of likely N-dealkylation sites (N-methyl/N-ethyl adjacent to an activating group) is 1. The van der Waals surface area contributed by atoms with Crippen LogP contribution in [0.15, 0.2) is 0 Å². The third-order valence-electron chi connectivity index (χ3n) is 4.82. The van der Waals surface area contributed by atoms with Crippen LogP contribution >= 0.6 is 0 Å². The molecular weight excluding hydrogens is 250 g/mol. The van der Waals surface area contributed by atoms with E-state index < -0.39 is 0 Å². The Morgan fingerprint density at radius 1 is 1.40 bits per heavy atom. The Kier molecular flexibility index (Phi) is 6.96. The molecule has 1 aliphatic carbocycles. The Morgan fingerprint density at radius 3 is 2.60 bits per heavy atom. The average molecular weight is 283 g/mol. The van der Waals surface area contributed by atoms with Gasteiger partial charge in [0.05, 0.1) is 0 Å². The molecule has 118 valence electrons. The van der Waals surface area contributed by atoms with Gasteiger partial charge in [0.25, 0.3) is 0 Å². The van der Waals surface area contributed by atoms with Gasteiger partial charge in [-0.05, 0) is 38.3 Å². The van der Waals surface area contributed by atoms with E-state index in [9.17, 15) is 4.79 Å². The first-order valence-electron chi connectivity index (χ1n) is 8.10. The SMILES string of the molecule is CCN(CCCC(=O)N(C)C)C1(CN)CCCC(C)C1. The summed E-state index contributed by atoms with van der Waals surface area (Å²) >= 11 is 0. The van der Waals surface area contributed by atoms with Gasteiger partial charge < -0.3 is 10.6 Å². The molecule has 0 saturated heterocycles. The molecule has 0 bridgehead atoms. The number of amides is 1. The zero-order valence-corrected chi connectivity index (χ0v) is 13.8. The number of nitrogens with two attached hydrogens (primary N) is 1. The maximum absolute atomic E-state index is 11.7. The van der Waals surface area contributed by atoms with Crippen LogP contribution in [0, 0.1) is 5.92 Å². The summed E-state index contributed by atoms with van der Waals surface area (Å²) in [4.78, 5) is 15.9. The van der Waals surface area contributed by atoms with Crippen LogP contribution in [0.5, 0.6) is 0 Å². The topological polar surface area (TPSA) is 49.6 Å². The van der Waals surface area contributed by atoms with E-state index in [2.05, 4.69) is 18.7 Å². The maximum Gasteiger partial charge on any atom is 0.222 e. The molecule has 2 atom stereocenters. The largest absolute Gasteiger partial charge is 0.349 e. The van der Waals surface area contributed by atoms with Gasteiger partial charge in [0, 0.05) is 32.6 Å². The van der Waals surface area contributed by atoms with Gasteiger partial charge in [-0.2, -0.15) is 0 Å². The number of carbonyl (C=O) groups excluding carboxylic acids is 1. The van der Waals surface area contributed by atoms with Crippen molar-refractivity contribution in [2.75, 3.05) is 33.7 Å². The smallest absolute Gasteiger partial charge is 0.222 e. The lowest BCUT2D eigenvalue weighted by atomic mass is 9.75. The highest BCUT2D eigenvalue weighted by molar-refractivity contribution is 5.75.